The Labute approximate surface area is 145 Å². The third kappa shape index (κ3) is 10.0. The lowest BCUT2D eigenvalue weighted by Crippen LogP contribution is -2.42. The van der Waals surface area contributed by atoms with Gasteiger partial charge in [-0.25, -0.2) is 9.59 Å². The van der Waals surface area contributed by atoms with Crippen LogP contribution in [-0.4, -0.2) is 36.0 Å². The van der Waals surface area contributed by atoms with Crippen LogP contribution in [0.4, 0.5) is 4.79 Å². The largest absolute Gasteiger partial charge is 0.461 e. The number of hydrogen-bond donors (Lipinski definition) is 1. The zero-order valence-electron chi connectivity index (χ0n) is 16.1. The van der Waals surface area contributed by atoms with Crippen LogP contribution < -0.4 is 5.32 Å². The second kappa shape index (κ2) is 10.1. The Hall–Kier alpha value is -1.85. The van der Waals surface area contributed by atoms with E-state index in [1.54, 1.807) is 6.92 Å². The van der Waals surface area contributed by atoms with Crippen LogP contribution in [0.3, 0.4) is 0 Å². The van der Waals surface area contributed by atoms with E-state index in [2.05, 4.69) is 16.9 Å². The topological polar surface area (TPSA) is 77.0 Å². The molecule has 0 bridgehead atoms. The molecule has 0 aliphatic rings. The van der Waals surface area contributed by atoms with E-state index < -0.39 is 17.7 Å². The van der Waals surface area contributed by atoms with Gasteiger partial charge in [0.1, 0.15) is 11.3 Å². The van der Waals surface area contributed by atoms with Crippen LogP contribution in [-0.2, 0) is 14.3 Å². The van der Waals surface area contributed by atoms with Gasteiger partial charge in [0.15, 0.2) is 0 Å². The third-order valence-corrected chi connectivity index (χ3v) is 3.16. The molecule has 0 fully saturated rings. The molecule has 6 nitrogen and oxygen atoms in total. The SMILES string of the molecule is C=C(N=C(C)CCC(NC(=O)OC(C)(C)C)C(C)C)C(=O)OCC. The molecule has 1 atom stereocenters. The Balaban J connectivity index is 4.61. The first-order valence-corrected chi connectivity index (χ1v) is 8.36. The predicted octanol–water partition coefficient (Wildman–Crippen LogP) is 3.85. The number of rotatable bonds is 8. The fourth-order valence-electron chi connectivity index (χ4n) is 1.94. The third-order valence-electron chi connectivity index (χ3n) is 3.16. The van der Waals surface area contributed by atoms with Gasteiger partial charge in [-0.05, 0) is 53.4 Å². The summed E-state index contributed by atoms with van der Waals surface area (Å²) in [5.74, 6) is -0.261. The molecule has 1 unspecified atom stereocenters. The highest BCUT2D eigenvalue weighted by Gasteiger charge is 2.21. The fraction of sp³-hybridized carbons (Fsp3) is 0.722. The van der Waals surface area contributed by atoms with E-state index in [9.17, 15) is 9.59 Å². The first-order valence-electron chi connectivity index (χ1n) is 8.36. The van der Waals surface area contributed by atoms with Crippen LogP contribution in [0.25, 0.3) is 0 Å². The van der Waals surface area contributed by atoms with Gasteiger partial charge in [-0.3, -0.25) is 4.99 Å². The molecule has 0 aromatic carbocycles. The van der Waals surface area contributed by atoms with Crippen molar-refractivity contribution in [3.63, 3.8) is 0 Å². The first kappa shape index (κ1) is 22.1. The standard InChI is InChI=1S/C18H32N2O4/c1-9-23-16(21)14(5)19-13(4)10-11-15(12(2)3)20-17(22)24-18(6,7)8/h12,15H,5,9-11H2,1-4,6-8H3,(H,20,22). The molecule has 24 heavy (non-hydrogen) atoms. The lowest BCUT2D eigenvalue weighted by Gasteiger charge is -2.25. The highest BCUT2D eigenvalue weighted by Crippen LogP contribution is 2.13. The van der Waals surface area contributed by atoms with Crippen LogP contribution in [0.1, 0.15) is 61.3 Å². The number of ether oxygens (including phenoxy) is 2. The number of carbonyl (C=O) groups is 2. The molecule has 0 aromatic rings. The normalized spacial score (nSPS) is 13.4. The Morgan fingerprint density at radius 1 is 1.25 bits per heavy atom. The number of esters is 1. The molecular formula is C18H32N2O4. The van der Waals surface area contributed by atoms with Gasteiger partial charge in [-0.15, -0.1) is 0 Å². The van der Waals surface area contributed by atoms with Crippen molar-refractivity contribution in [2.24, 2.45) is 10.9 Å². The van der Waals surface area contributed by atoms with Crippen LogP contribution >= 0.6 is 0 Å². The molecule has 0 aliphatic carbocycles. The molecule has 138 valence electrons. The van der Waals surface area contributed by atoms with Gasteiger partial charge in [0.25, 0.3) is 0 Å². The summed E-state index contributed by atoms with van der Waals surface area (Å²) in [6.07, 6.45) is 0.908. The van der Waals surface area contributed by atoms with Crippen molar-refractivity contribution in [2.45, 2.75) is 73.0 Å². The van der Waals surface area contributed by atoms with Crippen molar-refractivity contribution in [2.75, 3.05) is 6.61 Å². The van der Waals surface area contributed by atoms with Gasteiger partial charge in [0.2, 0.25) is 0 Å². The maximum atomic E-state index is 11.9. The smallest absolute Gasteiger partial charge is 0.407 e. The van der Waals surface area contributed by atoms with Crippen molar-refractivity contribution in [3.8, 4) is 0 Å². The van der Waals surface area contributed by atoms with Gasteiger partial charge >= 0.3 is 12.1 Å². The van der Waals surface area contributed by atoms with Crippen molar-refractivity contribution in [1.82, 2.24) is 5.32 Å². The van der Waals surface area contributed by atoms with E-state index in [4.69, 9.17) is 9.47 Å². The minimum absolute atomic E-state index is 0.0409. The van der Waals surface area contributed by atoms with Gasteiger partial charge < -0.3 is 14.8 Å². The monoisotopic (exact) mass is 340 g/mol. The molecule has 0 rings (SSSR count). The van der Waals surface area contributed by atoms with Crippen molar-refractivity contribution < 1.29 is 19.1 Å². The summed E-state index contributed by atoms with van der Waals surface area (Å²) in [5, 5.41) is 2.89. The number of hydrogen-bond acceptors (Lipinski definition) is 5. The molecule has 0 heterocycles. The van der Waals surface area contributed by atoms with E-state index >= 15 is 0 Å². The van der Waals surface area contributed by atoms with Gasteiger partial charge in [0.05, 0.1) is 6.61 Å². The molecular weight excluding hydrogens is 308 g/mol. The Kier molecular flexibility index (Phi) is 9.33. The van der Waals surface area contributed by atoms with E-state index in [0.717, 1.165) is 5.71 Å². The van der Waals surface area contributed by atoms with Gasteiger partial charge in [-0.2, -0.15) is 0 Å². The fourth-order valence-corrected chi connectivity index (χ4v) is 1.94. The van der Waals surface area contributed by atoms with Crippen molar-refractivity contribution >= 4 is 17.8 Å². The maximum absolute atomic E-state index is 11.9. The summed E-state index contributed by atoms with van der Waals surface area (Å²) in [5.41, 5.74) is 0.334. The zero-order valence-corrected chi connectivity index (χ0v) is 16.1. The number of alkyl carbamates (subject to hydrolysis) is 1. The van der Waals surface area contributed by atoms with Crippen molar-refractivity contribution in [1.29, 1.82) is 0 Å². The van der Waals surface area contributed by atoms with Crippen LogP contribution in [0.2, 0.25) is 0 Å². The summed E-state index contributed by atoms with van der Waals surface area (Å²) < 4.78 is 10.1. The number of nitrogens with one attached hydrogen (secondary N) is 1. The molecule has 0 radical (unpaired) electrons. The lowest BCUT2D eigenvalue weighted by molar-refractivity contribution is -0.138. The quantitative estimate of drug-likeness (QED) is 0.413. The van der Waals surface area contributed by atoms with Crippen molar-refractivity contribution in [3.05, 3.63) is 12.3 Å². The predicted molar refractivity (Wildman–Crippen MR) is 96.1 cm³/mol. The zero-order chi connectivity index (χ0) is 18.9. The van der Waals surface area contributed by atoms with E-state index in [-0.39, 0.29) is 17.7 Å². The Morgan fingerprint density at radius 2 is 1.83 bits per heavy atom. The first-order chi connectivity index (χ1) is 11.0. The Morgan fingerprint density at radius 3 is 2.29 bits per heavy atom. The molecule has 0 aromatic heterocycles. The van der Waals surface area contributed by atoms with E-state index in [0.29, 0.717) is 19.4 Å². The second-order valence-corrected chi connectivity index (χ2v) is 7.05. The number of nitrogens with zero attached hydrogens (tertiary/aromatic N) is 1. The molecule has 0 saturated carbocycles. The number of carbonyl (C=O) groups excluding carboxylic acids is 2. The minimum atomic E-state index is -0.527. The highest BCUT2D eigenvalue weighted by atomic mass is 16.6. The second-order valence-electron chi connectivity index (χ2n) is 7.05. The number of amides is 1. The number of aliphatic imine (C=N–C) groups is 1. The van der Waals surface area contributed by atoms with E-state index in [1.807, 2.05) is 41.5 Å². The average Bonchev–Trinajstić information content (AvgIpc) is 2.41. The Bertz CT molecular complexity index is 476. The maximum Gasteiger partial charge on any atom is 0.407 e. The van der Waals surface area contributed by atoms with Crippen LogP contribution in [0, 0.1) is 5.92 Å². The highest BCUT2D eigenvalue weighted by molar-refractivity contribution is 5.93. The summed E-state index contributed by atoms with van der Waals surface area (Å²) in [7, 11) is 0. The van der Waals surface area contributed by atoms with E-state index in [1.165, 1.54) is 0 Å². The summed E-state index contributed by atoms with van der Waals surface area (Å²) in [6.45, 7) is 17.0. The van der Waals surface area contributed by atoms with Gasteiger partial charge in [0, 0.05) is 11.8 Å². The summed E-state index contributed by atoms with van der Waals surface area (Å²) >= 11 is 0. The molecule has 6 heteroatoms. The lowest BCUT2D eigenvalue weighted by atomic mass is 9.98. The minimum Gasteiger partial charge on any atom is -0.461 e. The molecule has 0 saturated heterocycles. The molecule has 1 amide bonds. The molecule has 0 aliphatic heterocycles. The molecule has 0 spiro atoms. The van der Waals surface area contributed by atoms with Crippen LogP contribution in [0.15, 0.2) is 17.3 Å². The van der Waals surface area contributed by atoms with Crippen LogP contribution in [0.5, 0.6) is 0 Å². The van der Waals surface area contributed by atoms with Gasteiger partial charge in [-0.1, -0.05) is 20.4 Å². The average molecular weight is 340 g/mol. The summed E-state index contributed by atoms with van der Waals surface area (Å²) in [6, 6.07) is -0.0409. The summed E-state index contributed by atoms with van der Waals surface area (Å²) in [4.78, 5) is 27.6. The molecule has 1 N–H and O–H groups in total.